The average molecular weight is 456 g/mol. The molecular weight excluding hydrogens is 427 g/mol. The van der Waals surface area contributed by atoms with Gasteiger partial charge in [0.15, 0.2) is 5.96 Å². The van der Waals surface area contributed by atoms with E-state index in [1.54, 1.807) is 6.20 Å². The highest BCUT2D eigenvalue weighted by molar-refractivity contribution is 14.0. The molecule has 0 saturated heterocycles. The van der Waals surface area contributed by atoms with Crippen LogP contribution in [0.3, 0.4) is 0 Å². The van der Waals surface area contributed by atoms with Crippen LogP contribution >= 0.6 is 24.0 Å². The van der Waals surface area contributed by atoms with Crippen LogP contribution in [-0.4, -0.2) is 46.3 Å². The number of rotatable bonds is 6. The van der Waals surface area contributed by atoms with Crippen molar-refractivity contribution in [3.05, 3.63) is 47.5 Å². The first-order valence-electron chi connectivity index (χ1n) is 8.34. The van der Waals surface area contributed by atoms with Crippen LogP contribution in [0.1, 0.15) is 36.6 Å². The zero-order valence-corrected chi connectivity index (χ0v) is 18.1. The maximum absolute atomic E-state index is 4.57. The predicted molar refractivity (Wildman–Crippen MR) is 113 cm³/mol. The van der Waals surface area contributed by atoms with E-state index in [-0.39, 0.29) is 24.0 Å². The highest BCUT2D eigenvalue weighted by Crippen LogP contribution is 2.18. The van der Waals surface area contributed by atoms with Crippen molar-refractivity contribution in [1.82, 2.24) is 25.0 Å². The number of pyridine rings is 1. The Morgan fingerprint density at radius 1 is 1.40 bits per heavy atom. The number of aromatic nitrogens is 3. The molecule has 0 aliphatic rings. The number of guanidine groups is 1. The van der Waals surface area contributed by atoms with Crippen molar-refractivity contribution in [2.24, 2.45) is 12.0 Å². The summed E-state index contributed by atoms with van der Waals surface area (Å²) in [6.07, 6.45) is 6.71. The van der Waals surface area contributed by atoms with Crippen molar-refractivity contribution in [2.45, 2.75) is 32.7 Å². The number of hydrogen-bond acceptors (Lipinski definition) is 3. The first-order valence-corrected chi connectivity index (χ1v) is 8.34. The second-order valence-corrected chi connectivity index (χ2v) is 6.31. The van der Waals surface area contributed by atoms with E-state index in [1.807, 2.05) is 31.0 Å². The maximum atomic E-state index is 4.57. The molecule has 0 fully saturated rings. The SMILES string of the molecule is CN=C(NCCc1cccnc1)N(C)Cc1cn(C)nc1C(C)C.I. The van der Waals surface area contributed by atoms with E-state index in [4.69, 9.17) is 0 Å². The maximum Gasteiger partial charge on any atom is 0.193 e. The van der Waals surface area contributed by atoms with Crippen LogP contribution in [0, 0.1) is 0 Å². The minimum atomic E-state index is 0. The molecule has 2 aromatic heterocycles. The van der Waals surface area contributed by atoms with Crippen LogP contribution in [0.5, 0.6) is 0 Å². The van der Waals surface area contributed by atoms with Crippen molar-refractivity contribution in [3.8, 4) is 0 Å². The lowest BCUT2D eigenvalue weighted by Gasteiger charge is -2.22. The van der Waals surface area contributed by atoms with Crippen LogP contribution in [0.4, 0.5) is 0 Å². The number of aryl methyl sites for hydroxylation is 1. The molecule has 0 aliphatic heterocycles. The number of nitrogens with zero attached hydrogens (tertiary/aromatic N) is 5. The van der Waals surface area contributed by atoms with Gasteiger partial charge in [0.05, 0.1) is 5.69 Å². The fraction of sp³-hybridized carbons (Fsp3) is 0.500. The summed E-state index contributed by atoms with van der Waals surface area (Å²) in [6.45, 7) is 5.96. The van der Waals surface area contributed by atoms with Crippen LogP contribution in [-0.2, 0) is 20.0 Å². The minimum absolute atomic E-state index is 0. The predicted octanol–water partition coefficient (Wildman–Crippen LogP) is 2.81. The Morgan fingerprint density at radius 3 is 2.76 bits per heavy atom. The van der Waals surface area contributed by atoms with Gasteiger partial charge in [-0.05, 0) is 24.0 Å². The first-order chi connectivity index (χ1) is 11.5. The molecule has 2 heterocycles. The van der Waals surface area contributed by atoms with Gasteiger partial charge < -0.3 is 10.2 Å². The molecule has 0 atom stereocenters. The molecule has 7 heteroatoms. The van der Waals surface area contributed by atoms with Crippen molar-refractivity contribution < 1.29 is 0 Å². The largest absolute Gasteiger partial charge is 0.356 e. The van der Waals surface area contributed by atoms with Crippen LogP contribution in [0.15, 0.2) is 35.7 Å². The quantitative estimate of drug-likeness (QED) is 0.413. The summed E-state index contributed by atoms with van der Waals surface area (Å²) in [5.74, 6) is 1.30. The van der Waals surface area contributed by atoms with Gasteiger partial charge in [-0.25, -0.2) is 0 Å². The molecule has 0 amide bonds. The Morgan fingerprint density at radius 2 is 2.16 bits per heavy atom. The van der Waals surface area contributed by atoms with E-state index < -0.39 is 0 Å². The standard InChI is InChI=1S/C18H28N6.HI/c1-14(2)17-16(13-24(5)22-17)12-23(4)18(19-3)21-10-8-15-7-6-9-20-11-15;/h6-7,9,11,13-14H,8,10,12H2,1-5H3,(H,19,21);1H. The molecule has 138 valence electrons. The van der Waals surface area contributed by atoms with Gasteiger partial charge in [-0.3, -0.25) is 14.7 Å². The normalized spacial score (nSPS) is 11.4. The van der Waals surface area contributed by atoms with Crippen molar-refractivity contribution in [1.29, 1.82) is 0 Å². The monoisotopic (exact) mass is 456 g/mol. The molecule has 6 nitrogen and oxygen atoms in total. The second-order valence-electron chi connectivity index (χ2n) is 6.31. The van der Waals surface area contributed by atoms with Gasteiger partial charge in [-0.1, -0.05) is 19.9 Å². The summed E-state index contributed by atoms with van der Waals surface area (Å²) in [5.41, 5.74) is 3.61. The molecule has 0 aromatic carbocycles. The average Bonchev–Trinajstić information content (AvgIpc) is 2.93. The Balaban J connectivity index is 0.00000312. The smallest absolute Gasteiger partial charge is 0.193 e. The fourth-order valence-electron chi connectivity index (χ4n) is 2.74. The zero-order chi connectivity index (χ0) is 17.5. The third-order valence-corrected chi connectivity index (χ3v) is 3.88. The fourth-order valence-corrected chi connectivity index (χ4v) is 2.74. The Labute approximate surface area is 167 Å². The minimum Gasteiger partial charge on any atom is -0.356 e. The van der Waals surface area contributed by atoms with Crippen LogP contribution in [0.2, 0.25) is 0 Å². The molecule has 1 N–H and O–H groups in total. The highest BCUT2D eigenvalue weighted by atomic mass is 127. The van der Waals surface area contributed by atoms with E-state index in [0.29, 0.717) is 5.92 Å². The van der Waals surface area contributed by atoms with Crippen molar-refractivity contribution >= 4 is 29.9 Å². The Bertz CT molecular complexity index is 665. The second kappa shape index (κ2) is 10.4. The van der Waals surface area contributed by atoms with E-state index in [0.717, 1.165) is 31.2 Å². The number of hydrogen-bond donors (Lipinski definition) is 1. The summed E-state index contributed by atoms with van der Waals surface area (Å²) in [5, 5.41) is 7.99. The summed E-state index contributed by atoms with van der Waals surface area (Å²) in [6, 6.07) is 4.05. The van der Waals surface area contributed by atoms with Crippen LogP contribution < -0.4 is 5.32 Å². The molecule has 0 bridgehead atoms. The van der Waals surface area contributed by atoms with E-state index in [9.17, 15) is 0 Å². The summed E-state index contributed by atoms with van der Waals surface area (Å²) in [7, 11) is 5.84. The Kier molecular flexibility index (Phi) is 8.88. The van der Waals surface area contributed by atoms with Gasteiger partial charge >= 0.3 is 0 Å². The van der Waals surface area contributed by atoms with E-state index in [1.165, 1.54) is 11.1 Å². The summed E-state index contributed by atoms with van der Waals surface area (Å²) in [4.78, 5) is 10.7. The summed E-state index contributed by atoms with van der Waals surface area (Å²) < 4.78 is 1.89. The highest BCUT2D eigenvalue weighted by Gasteiger charge is 2.14. The molecule has 0 saturated carbocycles. The molecule has 0 spiro atoms. The Hall–Kier alpha value is -1.64. The van der Waals surface area contributed by atoms with Gasteiger partial charge in [-0.2, -0.15) is 5.10 Å². The topological polar surface area (TPSA) is 58.3 Å². The first kappa shape index (κ1) is 21.4. The van der Waals surface area contributed by atoms with E-state index in [2.05, 4.69) is 58.5 Å². The lowest BCUT2D eigenvalue weighted by molar-refractivity contribution is 0.474. The molecule has 2 aromatic rings. The summed E-state index contributed by atoms with van der Waals surface area (Å²) >= 11 is 0. The van der Waals surface area contributed by atoms with Gasteiger partial charge in [0, 0.05) is 58.4 Å². The third kappa shape index (κ3) is 6.30. The molecular formula is C18H29IN6. The van der Waals surface area contributed by atoms with Gasteiger partial charge in [0.25, 0.3) is 0 Å². The lowest BCUT2D eigenvalue weighted by atomic mass is 10.1. The molecule has 0 aliphatic carbocycles. The van der Waals surface area contributed by atoms with Gasteiger partial charge in [0.2, 0.25) is 0 Å². The molecule has 0 radical (unpaired) electrons. The zero-order valence-electron chi connectivity index (χ0n) is 15.7. The van der Waals surface area contributed by atoms with Crippen molar-refractivity contribution in [2.75, 3.05) is 20.6 Å². The third-order valence-electron chi connectivity index (χ3n) is 3.88. The van der Waals surface area contributed by atoms with Crippen LogP contribution in [0.25, 0.3) is 0 Å². The lowest BCUT2D eigenvalue weighted by Crippen LogP contribution is -2.39. The number of aliphatic imine (C=N–C) groups is 1. The number of halogens is 1. The number of nitrogens with one attached hydrogen (secondary N) is 1. The van der Waals surface area contributed by atoms with Crippen molar-refractivity contribution in [3.63, 3.8) is 0 Å². The van der Waals surface area contributed by atoms with Gasteiger partial charge in [-0.15, -0.1) is 24.0 Å². The van der Waals surface area contributed by atoms with E-state index >= 15 is 0 Å². The van der Waals surface area contributed by atoms with Gasteiger partial charge in [0.1, 0.15) is 0 Å². The molecule has 25 heavy (non-hydrogen) atoms. The molecule has 0 unspecified atom stereocenters. The molecule has 2 rings (SSSR count).